The molecule has 0 aromatic heterocycles. The van der Waals surface area contributed by atoms with Crippen molar-refractivity contribution in [3.8, 4) is 0 Å². The summed E-state index contributed by atoms with van der Waals surface area (Å²) in [4.78, 5) is 0. The molecule has 0 unspecified atom stereocenters. The fourth-order valence-corrected chi connectivity index (χ4v) is 2.31. The molecule has 0 spiro atoms. The lowest BCUT2D eigenvalue weighted by Gasteiger charge is -2.09. The van der Waals surface area contributed by atoms with Gasteiger partial charge in [0.2, 0.25) is 10.0 Å². The van der Waals surface area contributed by atoms with Gasteiger partial charge in [-0.05, 0) is 40.8 Å². The average Bonchev–Trinajstić information content (AvgIpc) is 2.13. The number of anilines is 2. The molecule has 4 N–H and O–H groups in total. The maximum Gasteiger partial charge on any atom is 0.208 e. The predicted molar refractivity (Wildman–Crippen MR) is 74.9 cm³/mol. The number of rotatable bonds is 5. The molecule has 0 heterocycles. The molecular weight excluding hydrogens is 341 g/mol. The molecule has 0 bridgehead atoms. The Hall–Kier alpha value is -0.540. The lowest BCUT2D eigenvalue weighted by molar-refractivity contribution is 0.589. The summed E-state index contributed by atoms with van der Waals surface area (Å²) in [5.41, 5.74) is 7.28. The summed E-state index contributed by atoms with van der Waals surface area (Å²) in [6.45, 7) is 0.895. The molecule has 0 radical (unpaired) electrons. The second-order valence-corrected chi connectivity index (χ2v) is 6.33. The van der Waals surface area contributed by atoms with Crippen LogP contribution in [0.2, 0.25) is 0 Å². The zero-order valence-electron chi connectivity index (χ0n) is 8.83. The maximum absolute atomic E-state index is 10.8. The Balaban J connectivity index is 2.43. The molecule has 0 aliphatic carbocycles. The fraction of sp³-hybridized carbons (Fsp3) is 0.333. The molecule has 0 aliphatic heterocycles. The van der Waals surface area contributed by atoms with Crippen LogP contribution in [0, 0.1) is 3.57 Å². The van der Waals surface area contributed by atoms with Gasteiger partial charge in [0.05, 0.1) is 6.26 Å². The largest absolute Gasteiger partial charge is 0.399 e. The van der Waals surface area contributed by atoms with Crippen molar-refractivity contribution in [2.75, 3.05) is 30.4 Å². The van der Waals surface area contributed by atoms with Crippen LogP contribution in [0.25, 0.3) is 0 Å². The third-order valence-corrected chi connectivity index (χ3v) is 3.42. The first-order valence-corrected chi connectivity index (χ1v) is 7.59. The van der Waals surface area contributed by atoms with Crippen LogP contribution >= 0.6 is 22.6 Å². The van der Waals surface area contributed by atoms with Crippen molar-refractivity contribution < 1.29 is 8.42 Å². The molecule has 5 nitrogen and oxygen atoms in total. The molecule has 0 saturated heterocycles. The van der Waals surface area contributed by atoms with E-state index < -0.39 is 10.0 Å². The van der Waals surface area contributed by atoms with Crippen LogP contribution in [0.15, 0.2) is 18.2 Å². The molecule has 0 fully saturated rings. The monoisotopic (exact) mass is 355 g/mol. The van der Waals surface area contributed by atoms with Gasteiger partial charge >= 0.3 is 0 Å². The van der Waals surface area contributed by atoms with Gasteiger partial charge < -0.3 is 11.1 Å². The van der Waals surface area contributed by atoms with E-state index in [0.717, 1.165) is 15.5 Å². The molecule has 0 saturated carbocycles. The van der Waals surface area contributed by atoms with E-state index in [9.17, 15) is 8.42 Å². The number of nitrogens with two attached hydrogens (primary N) is 1. The van der Waals surface area contributed by atoms with Gasteiger partial charge in [-0.15, -0.1) is 0 Å². The topological polar surface area (TPSA) is 84.2 Å². The highest BCUT2D eigenvalue weighted by molar-refractivity contribution is 14.1. The lowest BCUT2D eigenvalue weighted by atomic mass is 10.3. The molecule has 7 heteroatoms. The van der Waals surface area contributed by atoms with E-state index in [1.54, 1.807) is 6.07 Å². The highest BCUT2D eigenvalue weighted by Crippen LogP contribution is 2.20. The summed E-state index contributed by atoms with van der Waals surface area (Å²) >= 11 is 2.17. The Morgan fingerprint density at radius 3 is 2.62 bits per heavy atom. The first-order chi connectivity index (χ1) is 7.38. The van der Waals surface area contributed by atoms with Crippen LogP contribution in [0.5, 0.6) is 0 Å². The van der Waals surface area contributed by atoms with Crippen LogP contribution in [0.1, 0.15) is 0 Å². The van der Waals surface area contributed by atoms with E-state index in [2.05, 4.69) is 32.6 Å². The van der Waals surface area contributed by atoms with Crippen molar-refractivity contribution in [2.45, 2.75) is 0 Å². The Morgan fingerprint density at radius 1 is 1.38 bits per heavy atom. The molecular formula is C9H14IN3O2S. The van der Waals surface area contributed by atoms with Crippen molar-refractivity contribution in [2.24, 2.45) is 0 Å². The third kappa shape index (κ3) is 4.99. The van der Waals surface area contributed by atoms with Crippen molar-refractivity contribution in [1.29, 1.82) is 0 Å². The summed E-state index contributed by atoms with van der Waals surface area (Å²) in [5, 5.41) is 3.12. The van der Waals surface area contributed by atoms with Gasteiger partial charge in [0.1, 0.15) is 0 Å². The molecule has 1 aromatic rings. The molecule has 0 amide bonds. The Labute approximate surface area is 109 Å². The SMILES string of the molecule is CS(=O)(=O)NCCNc1ccc(N)cc1I. The summed E-state index contributed by atoms with van der Waals surface area (Å²) in [7, 11) is -3.11. The lowest BCUT2D eigenvalue weighted by Crippen LogP contribution is -2.27. The van der Waals surface area contributed by atoms with E-state index in [1.807, 2.05) is 12.1 Å². The smallest absolute Gasteiger partial charge is 0.208 e. The van der Waals surface area contributed by atoms with Crippen LogP contribution < -0.4 is 15.8 Å². The Kier molecular flexibility index (Phi) is 4.81. The number of halogens is 1. The maximum atomic E-state index is 10.8. The third-order valence-electron chi connectivity index (χ3n) is 1.80. The van der Waals surface area contributed by atoms with Crippen LogP contribution in [-0.4, -0.2) is 27.8 Å². The minimum Gasteiger partial charge on any atom is -0.399 e. The van der Waals surface area contributed by atoms with E-state index in [4.69, 9.17) is 5.73 Å². The van der Waals surface area contributed by atoms with Crippen LogP contribution in [0.4, 0.5) is 11.4 Å². The zero-order valence-corrected chi connectivity index (χ0v) is 11.8. The average molecular weight is 355 g/mol. The van der Waals surface area contributed by atoms with E-state index in [-0.39, 0.29) is 0 Å². The number of nitrogens with one attached hydrogen (secondary N) is 2. The summed E-state index contributed by atoms with van der Waals surface area (Å²) < 4.78 is 25.0. The second-order valence-electron chi connectivity index (χ2n) is 3.33. The van der Waals surface area contributed by atoms with Gasteiger partial charge in [0.25, 0.3) is 0 Å². The van der Waals surface area contributed by atoms with Gasteiger partial charge in [-0.25, -0.2) is 13.1 Å². The molecule has 90 valence electrons. The number of sulfonamides is 1. The Bertz CT molecular complexity index is 462. The van der Waals surface area contributed by atoms with E-state index in [1.165, 1.54) is 0 Å². The minimum absolute atomic E-state index is 0.360. The van der Waals surface area contributed by atoms with Gasteiger partial charge in [-0.1, -0.05) is 0 Å². The number of nitrogen functional groups attached to an aromatic ring is 1. The van der Waals surface area contributed by atoms with Gasteiger partial charge in [-0.3, -0.25) is 0 Å². The number of hydrogen-bond donors (Lipinski definition) is 3. The van der Waals surface area contributed by atoms with Crippen molar-refractivity contribution >= 4 is 44.0 Å². The number of hydrogen-bond acceptors (Lipinski definition) is 4. The molecule has 1 rings (SSSR count). The first kappa shape index (κ1) is 13.5. The fourth-order valence-electron chi connectivity index (χ4n) is 1.11. The molecule has 16 heavy (non-hydrogen) atoms. The van der Waals surface area contributed by atoms with Crippen molar-refractivity contribution in [3.05, 3.63) is 21.8 Å². The minimum atomic E-state index is -3.11. The van der Waals surface area contributed by atoms with Crippen LogP contribution in [0.3, 0.4) is 0 Å². The standard InChI is InChI=1S/C9H14IN3O2S/c1-16(14,15)13-5-4-12-9-3-2-7(11)6-8(9)10/h2-3,6,12-13H,4-5,11H2,1H3. The normalized spacial score (nSPS) is 11.4. The summed E-state index contributed by atoms with van der Waals surface area (Å²) in [6.07, 6.45) is 1.14. The highest BCUT2D eigenvalue weighted by atomic mass is 127. The summed E-state index contributed by atoms with van der Waals surface area (Å²) in [6, 6.07) is 5.53. The van der Waals surface area contributed by atoms with Crippen molar-refractivity contribution in [3.63, 3.8) is 0 Å². The quantitative estimate of drug-likeness (QED) is 0.415. The Morgan fingerprint density at radius 2 is 2.06 bits per heavy atom. The van der Waals surface area contributed by atoms with Crippen LogP contribution in [-0.2, 0) is 10.0 Å². The first-order valence-electron chi connectivity index (χ1n) is 4.62. The van der Waals surface area contributed by atoms with Gasteiger partial charge in [0, 0.05) is 28.0 Å². The molecule has 0 atom stereocenters. The van der Waals surface area contributed by atoms with Crippen molar-refractivity contribution in [1.82, 2.24) is 4.72 Å². The van der Waals surface area contributed by atoms with E-state index >= 15 is 0 Å². The predicted octanol–water partition coefficient (Wildman–Crippen LogP) is 0.835. The summed E-state index contributed by atoms with van der Waals surface area (Å²) in [5.74, 6) is 0. The molecule has 1 aromatic carbocycles. The second kappa shape index (κ2) is 5.69. The number of benzene rings is 1. The highest BCUT2D eigenvalue weighted by Gasteiger charge is 2.01. The van der Waals surface area contributed by atoms with Gasteiger partial charge in [-0.2, -0.15) is 0 Å². The zero-order chi connectivity index (χ0) is 12.2. The molecule has 0 aliphatic rings. The van der Waals surface area contributed by atoms with E-state index in [0.29, 0.717) is 18.8 Å². The van der Waals surface area contributed by atoms with Gasteiger partial charge in [0.15, 0.2) is 0 Å².